The van der Waals surface area contributed by atoms with E-state index in [0.29, 0.717) is 5.02 Å². The summed E-state index contributed by atoms with van der Waals surface area (Å²) in [6.45, 7) is 6.76. The molecule has 0 saturated heterocycles. The topological polar surface area (TPSA) is 59.8 Å². The summed E-state index contributed by atoms with van der Waals surface area (Å²) in [4.78, 5) is 12.1. The zero-order valence-corrected chi connectivity index (χ0v) is 14.5. The molecule has 0 unspecified atom stereocenters. The van der Waals surface area contributed by atoms with Gasteiger partial charge in [-0.05, 0) is 38.0 Å². The zero-order chi connectivity index (χ0) is 16.1. The van der Waals surface area contributed by atoms with Crippen molar-refractivity contribution in [3.8, 4) is 0 Å². The molecule has 7 heteroatoms. The molecule has 0 fully saturated rings. The second kappa shape index (κ2) is 7.65. The Balaban J connectivity index is 1.97. The maximum Gasteiger partial charge on any atom is 0.234 e. The van der Waals surface area contributed by atoms with E-state index in [9.17, 15) is 4.79 Å². The summed E-state index contributed by atoms with van der Waals surface area (Å²) in [7, 11) is 0. The highest BCUT2D eigenvalue weighted by Gasteiger charge is 2.12. The lowest BCUT2D eigenvalue weighted by atomic mass is 10.2. The first-order valence-electron chi connectivity index (χ1n) is 7.10. The second-order valence-electron chi connectivity index (χ2n) is 4.93. The number of rotatable bonds is 6. The van der Waals surface area contributed by atoms with Gasteiger partial charge in [-0.25, -0.2) is 0 Å². The van der Waals surface area contributed by atoms with Gasteiger partial charge in [-0.1, -0.05) is 36.4 Å². The summed E-state index contributed by atoms with van der Waals surface area (Å²) >= 11 is 7.44. The van der Waals surface area contributed by atoms with Gasteiger partial charge in [0.2, 0.25) is 5.91 Å². The number of nitrogens with one attached hydrogen (secondary N) is 1. The van der Waals surface area contributed by atoms with Gasteiger partial charge in [0.15, 0.2) is 5.16 Å². The number of carbonyl (C=O) groups is 1. The van der Waals surface area contributed by atoms with Crippen molar-refractivity contribution >= 4 is 35.0 Å². The Morgan fingerprint density at radius 3 is 2.86 bits per heavy atom. The van der Waals surface area contributed by atoms with Gasteiger partial charge in [0.25, 0.3) is 0 Å². The van der Waals surface area contributed by atoms with E-state index in [1.165, 1.54) is 11.8 Å². The number of benzene rings is 1. The first-order chi connectivity index (χ1) is 10.5. The fraction of sp³-hybridized carbons (Fsp3) is 0.400. The van der Waals surface area contributed by atoms with Gasteiger partial charge >= 0.3 is 0 Å². The number of hydrogen-bond acceptors (Lipinski definition) is 4. The summed E-state index contributed by atoms with van der Waals surface area (Å²) in [6, 6.07) is 5.46. The number of thioether (sulfide) groups is 1. The third-order valence-corrected chi connectivity index (χ3v) is 4.60. The molecule has 1 aromatic carbocycles. The van der Waals surface area contributed by atoms with E-state index in [-0.39, 0.29) is 11.7 Å². The highest BCUT2D eigenvalue weighted by molar-refractivity contribution is 7.99. The number of anilines is 1. The molecule has 0 aliphatic rings. The molecule has 1 aromatic heterocycles. The largest absolute Gasteiger partial charge is 0.325 e. The first kappa shape index (κ1) is 16.8. The lowest BCUT2D eigenvalue weighted by Gasteiger charge is -2.10. The van der Waals surface area contributed by atoms with Gasteiger partial charge in [-0.2, -0.15) is 0 Å². The van der Waals surface area contributed by atoms with Gasteiger partial charge in [0.05, 0.1) is 5.75 Å². The number of aromatic nitrogens is 3. The molecule has 0 bridgehead atoms. The lowest BCUT2D eigenvalue weighted by molar-refractivity contribution is -0.113. The maximum absolute atomic E-state index is 12.1. The van der Waals surface area contributed by atoms with E-state index in [1.54, 1.807) is 6.07 Å². The van der Waals surface area contributed by atoms with Crippen molar-refractivity contribution in [3.63, 3.8) is 0 Å². The SMILES string of the molecule is CCCn1c(C)nnc1SCC(=O)Nc1cccc(Cl)c1C. The number of carbonyl (C=O) groups excluding carboxylic acids is 1. The van der Waals surface area contributed by atoms with Crippen LogP contribution in [0.3, 0.4) is 0 Å². The molecule has 1 amide bonds. The normalized spacial score (nSPS) is 10.7. The predicted molar refractivity (Wildman–Crippen MR) is 90.6 cm³/mol. The van der Waals surface area contributed by atoms with E-state index < -0.39 is 0 Å². The van der Waals surface area contributed by atoms with E-state index in [0.717, 1.165) is 35.2 Å². The minimum absolute atomic E-state index is 0.0842. The van der Waals surface area contributed by atoms with Crippen LogP contribution in [0, 0.1) is 13.8 Å². The van der Waals surface area contributed by atoms with Crippen LogP contribution in [0.25, 0.3) is 0 Å². The quantitative estimate of drug-likeness (QED) is 0.816. The van der Waals surface area contributed by atoms with Crippen LogP contribution in [0.2, 0.25) is 5.02 Å². The van der Waals surface area contributed by atoms with Crippen LogP contribution < -0.4 is 5.32 Å². The van der Waals surface area contributed by atoms with E-state index in [1.807, 2.05) is 30.5 Å². The predicted octanol–water partition coefficient (Wildman–Crippen LogP) is 3.69. The fourth-order valence-electron chi connectivity index (χ4n) is 2.01. The molecule has 1 heterocycles. The van der Waals surface area contributed by atoms with E-state index >= 15 is 0 Å². The Kier molecular flexibility index (Phi) is 5.85. The van der Waals surface area contributed by atoms with E-state index in [4.69, 9.17) is 11.6 Å². The number of amides is 1. The number of nitrogens with zero attached hydrogens (tertiary/aromatic N) is 3. The average Bonchev–Trinajstić information content (AvgIpc) is 2.83. The van der Waals surface area contributed by atoms with Crippen LogP contribution in [0.15, 0.2) is 23.4 Å². The first-order valence-corrected chi connectivity index (χ1v) is 8.46. The molecule has 0 radical (unpaired) electrons. The Labute approximate surface area is 139 Å². The van der Waals surface area contributed by atoms with Gasteiger partial charge in [-0.15, -0.1) is 10.2 Å². The molecule has 22 heavy (non-hydrogen) atoms. The zero-order valence-electron chi connectivity index (χ0n) is 12.9. The van der Waals surface area contributed by atoms with Gasteiger partial charge in [0, 0.05) is 17.3 Å². The summed E-state index contributed by atoms with van der Waals surface area (Å²) in [5.74, 6) is 1.07. The minimum atomic E-state index is -0.0842. The Bertz CT molecular complexity index is 672. The Morgan fingerprint density at radius 1 is 1.36 bits per heavy atom. The minimum Gasteiger partial charge on any atom is -0.325 e. The van der Waals surface area contributed by atoms with Crippen LogP contribution in [0.4, 0.5) is 5.69 Å². The van der Waals surface area contributed by atoms with Crippen LogP contribution in [0.5, 0.6) is 0 Å². The van der Waals surface area contributed by atoms with Crippen molar-refractivity contribution in [2.75, 3.05) is 11.1 Å². The molecule has 1 N–H and O–H groups in total. The van der Waals surface area contributed by atoms with Crippen molar-refractivity contribution in [1.82, 2.24) is 14.8 Å². The monoisotopic (exact) mass is 338 g/mol. The molecular weight excluding hydrogens is 320 g/mol. The van der Waals surface area contributed by atoms with Crippen LogP contribution in [-0.4, -0.2) is 26.4 Å². The Morgan fingerprint density at radius 2 is 2.14 bits per heavy atom. The summed E-state index contributed by atoms with van der Waals surface area (Å²) in [6.07, 6.45) is 1.00. The standard InChI is InChI=1S/C15H19ClN4OS/c1-4-8-20-11(3)18-19-15(20)22-9-14(21)17-13-7-5-6-12(16)10(13)2/h5-7H,4,8-9H2,1-3H3,(H,17,21). The van der Waals surface area contributed by atoms with Crippen molar-refractivity contribution in [2.45, 2.75) is 38.9 Å². The van der Waals surface area contributed by atoms with Crippen molar-refractivity contribution in [3.05, 3.63) is 34.6 Å². The van der Waals surface area contributed by atoms with Crippen molar-refractivity contribution < 1.29 is 4.79 Å². The van der Waals surface area contributed by atoms with Gasteiger partial charge in [-0.3, -0.25) is 4.79 Å². The second-order valence-corrected chi connectivity index (χ2v) is 6.28. The molecular formula is C15H19ClN4OS. The molecule has 118 valence electrons. The van der Waals surface area contributed by atoms with Crippen LogP contribution in [0.1, 0.15) is 24.7 Å². The fourth-order valence-corrected chi connectivity index (χ4v) is 2.99. The van der Waals surface area contributed by atoms with E-state index in [2.05, 4.69) is 22.4 Å². The molecule has 0 aliphatic carbocycles. The third-order valence-electron chi connectivity index (χ3n) is 3.22. The summed E-state index contributed by atoms with van der Waals surface area (Å²) < 4.78 is 2.03. The van der Waals surface area contributed by atoms with Crippen molar-refractivity contribution in [2.24, 2.45) is 0 Å². The number of hydrogen-bond donors (Lipinski definition) is 1. The summed E-state index contributed by atoms with van der Waals surface area (Å²) in [5.41, 5.74) is 1.61. The van der Waals surface area contributed by atoms with Gasteiger partial charge in [0.1, 0.15) is 5.82 Å². The molecule has 0 spiro atoms. The molecule has 5 nitrogen and oxygen atoms in total. The molecule has 0 atom stereocenters. The van der Waals surface area contributed by atoms with Crippen LogP contribution in [-0.2, 0) is 11.3 Å². The lowest BCUT2D eigenvalue weighted by Crippen LogP contribution is -2.15. The molecule has 0 aliphatic heterocycles. The van der Waals surface area contributed by atoms with Crippen molar-refractivity contribution in [1.29, 1.82) is 0 Å². The molecule has 0 saturated carbocycles. The average molecular weight is 339 g/mol. The Hall–Kier alpha value is -1.53. The smallest absolute Gasteiger partial charge is 0.234 e. The maximum atomic E-state index is 12.1. The number of aryl methyl sites for hydroxylation is 1. The molecule has 2 rings (SSSR count). The summed E-state index contributed by atoms with van der Waals surface area (Å²) in [5, 5.41) is 12.5. The van der Waals surface area contributed by atoms with Crippen LogP contribution >= 0.6 is 23.4 Å². The number of halogens is 1. The third kappa shape index (κ3) is 4.01. The highest BCUT2D eigenvalue weighted by atomic mass is 35.5. The molecule has 2 aromatic rings. The van der Waals surface area contributed by atoms with Gasteiger partial charge < -0.3 is 9.88 Å². The highest BCUT2D eigenvalue weighted by Crippen LogP contribution is 2.23.